The highest BCUT2D eigenvalue weighted by molar-refractivity contribution is 5.88. The number of benzene rings is 1. The Labute approximate surface area is 181 Å². The van der Waals surface area contributed by atoms with Gasteiger partial charge in [-0.1, -0.05) is 31.0 Å². The Morgan fingerprint density at radius 1 is 1.23 bits per heavy atom. The summed E-state index contributed by atoms with van der Waals surface area (Å²) in [5.74, 6) is -0.0965. The van der Waals surface area contributed by atoms with Crippen LogP contribution in [0.5, 0.6) is 0 Å². The first-order chi connectivity index (χ1) is 15.2. The van der Waals surface area contributed by atoms with E-state index < -0.39 is 5.41 Å². The number of carbonyl (C=O) groups is 1. The molecule has 1 amide bonds. The highest BCUT2D eigenvalue weighted by Gasteiger charge is 2.46. The summed E-state index contributed by atoms with van der Waals surface area (Å²) in [6.07, 6.45) is 11.4. The molecule has 1 aliphatic carbocycles. The van der Waals surface area contributed by atoms with E-state index in [1.54, 1.807) is 24.5 Å². The smallest absolute Gasteiger partial charge is 0.233 e. The highest BCUT2D eigenvalue weighted by atomic mass is 19.1. The lowest BCUT2D eigenvalue weighted by Crippen LogP contribution is -2.48. The number of amides is 1. The second-order valence-electron chi connectivity index (χ2n) is 8.74. The van der Waals surface area contributed by atoms with Crippen LogP contribution in [0, 0.1) is 11.7 Å². The third kappa shape index (κ3) is 3.82. The average molecular weight is 423 g/mol. The predicted molar refractivity (Wildman–Crippen MR) is 114 cm³/mol. The van der Waals surface area contributed by atoms with E-state index in [1.807, 2.05) is 27.8 Å². The first-order valence-electron chi connectivity index (χ1n) is 11.1. The Balaban J connectivity index is 1.38. The molecule has 1 aromatic carbocycles. The minimum Gasteiger partial charge on any atom is -0.379 e. The predicted octanol–water partition coefficient (Wildman–Crippen LogP) is 3.40. The van der Waals surface area contributed by atoms with Crippen molar-refractivity contribution in [3.8, 4) is 0 Å². The van der Waals surface area contributed by atoms with E-state index in [2.05, 4.69) is 9.97 Å². The summed E-state index contributed by atoms with van der Waals surface area (Å²) in [5, 5.41) is 0. The van der Waals surface area contributed by atoms with Gasteiger partial charge in [-0.2, -0.15) is 0 Å². The number of hydrogen-bond acceptors (Lipinski definition) is 4. The Bertz CT molecular complexity index is 1080. The van der Waals surface area contributed by atoms with Gasteiger partial charge >= 0.3 is 0 Å². The van der Waals surface area contributed by atoms with E-state index in [9.17, 15) is 9.18 Å². The molecule has 3 heterocycles. The molecular weight excluding hydrogens is 395 g/mol. The largest absolute Gasteiger partial charge is 0.379 e. The zero-order chi connectivity index (χ0) is 21.3. The summed E-state index contributed by atoms with van der Waals surface area (Å²) in [6.45, 7) is 2.22. The van der Waals surface area contributed by atoms with Crippen LogP contribution >= 0.6 is 0 Å². The summed E-state index contributed by atoms with van der Waals surface area (Å²) in [4.78, 5) is 24.5. The molecule has 3 aromatic rings. The van der Waals surface area contributed by atoms with Gasteiger partial charge < -0.3 is 14.0 Å². The fourth-order valence-electron chi connectivity index (χ4n) is 5.19. The van der Waals surface area contributed by atoms with Crippen LogP contribution in [0.1, 0.15) is 36.9 Å². The summed E-state index contributed by atoms with van der Waals surface area (Å²) in [6, 6.07) is 6.77. The Kier molecular flexibility index (Phi) is 5.44. The molecular formula is C24H27FN4O2. The molecule has 31 heavy (non-hydrogen) atoms. The molecule has 1 saturated heterocycles. The molecule has 162 valence electrons. The summed E-state index contributed by atoms with van der Waals surface area (Å²) < 4.78 is 22.5. The van der Waals surface area contributed by atoms with Crippen molar-refractivity contribution >= 4 is 11.6 Å². The normalized spacial score (nSPS) is 21.3. The van der Waals surface area contributed by atoms with Gasteiger partial charge in [-0.05, 0) is 25.3 Å². The molecule has 1 atom stereocenters. The van der Waals surface area contributed by atoms with Crippen molar-refractivity contribution in [1.29, 1.82) is 0 Å². The molecule has 1 saturated carbocycles. The van der Waals surface area contributed by atoms with Crippen LogP contribution in [0.15, 0.2) is 49.1 Å². The Morgan fingerprint density at radius 3 is 2.90 bits per heavy atom. The fraction of sp³-hybridized carbons (Fsp3) is 0.458. The Morgan fingerprint density at radius 2 is 2.06 bits per heavy atom. The quantitative estimate of drug-likeness (QED) is 0.647. The van der Waals surface area contributed by atoms with Crippen molar-refractivity contribution in [3.05, 3.63) is 66.1 Å². The van der Waals surface area contributed by atoms with Crippen molar-refractivity contribution < 1.29 is 13.9 Å². The molecule has 0 bridgehead atoms. The van der Waals surface area contributed by atoms with E-state index in [4.69, 9.17) is 4.74 Å². The van der Waals surface area contributed by atoms with Crippen LogP contribution < -0.4 is 0 Å². The molecule has 2 aliphatic rings. The maximum Gasteiger partial charge on any atom is 0.233 e. The van der Waals surface area contributed by atoms with Gasteiger partial charge in [0.05, 0.1) is 30.5 Å². The van der Waals surface area contributed by atoms with E-state index >= 15 is 0 Å². The van der Waals surface area contributed by atoms with Gasteiger partial charge in [-0.15, -0.1) is 0 Å². The number of imidazole rings is 1. The average Bonchev–Trinajstić information content (AvgIpc) is 3.40. The monoisotopic (exact) mass is 422 g/mol. The minimum atomic E-state index is -0.756. The summed E-state index contributed by atoms with van der Waals surface area (Å²) >= 11 is 0. The number of halogens is 1. The fourth-order valence-corrected chi connectivity index (χ4v) is 5.19. The third-order valence-corrected chi connectivity index (χ3v) is 6.71. The number of fused-ring (bicyclic) bond motifs is 1. The van der Waals surface area contributed by atoms with Crippen molar-refractivity contribution in [3.63, 3.8) is 0 Å². The van der Waals surface area contributed by atoms with Gasteiger partial charge in [0.25, 0.3) is 0 Å². The van der Waals surface area contributed by atoms with E-state index in [-0.39, 0.29) is 17.6 Å². The number of hydrogen-bond donors (Lipinski definition) is 0. The van der Waals surface area contributed by atoms with Gasteiger partial charge in [0.15, 0.2) is 5.65 Å². The number of ether oxygens (including phenoxy) is 1. The van der Waals surface area contributed by atoms with Gasteiger partial charge in [0.1, 0.15) is 5.82 Å². The van der Waals surface area contributed by atoms with E-state index in [1.165, 1.54) is 6.07 Å². The Hall–Kier alpha value is -2.80. The van der Waals surface area contributed by atoms with Crippen LogP contribution in [-0.2, 0) is 21.4 Å². The van der Waals surface area contributed by atoms with E-state index in [0.29, 0.717) is 51.1 Å². The van der Waals surface area contributed by atoms with Crippen LogP contribution in [0.2, 0.25) is 0 Å². The molecule has 6 nitrogen and oxygen atoms in total. The van der Waals surface area contributed by atoms with Crippen LogP contribution in [0.3, 0.4) is 0 Å². The highest BCUT2D eigenvalue weighted by Crippen LogP contribution is 2.43. The van der Waals surface area contributed by atoms with E-state index in [0.717, 1.165) is 24.2 Å². The lowest BCUT2D eigenvalue weighted by Gasteiger charge is -2.35. The second kappa shape index (κ2) is 8.38. The lowest BCUT2D eigenvalue weighted by molar-refractivity contribution is -0.138. The molecule has 0 radical (unpaired) electrons. The first-order valence-corrected chi connectivity index (χ1v) is 11.1. The summed E-state index contributed by atoms with van der Waals surface area (Å²) in [7, 11) is 0. The third-order valence-electron chi connectivity index (χ3n) is 6.71. The van der Waals surface area contributed by atoms with Crippen LogP contribution in [-0.4, -0.2) is 51.5 Å². The molecule has 2 fully saturated rings. The van der Waals surface area contributed by atoms with Gasteiger partial charge in [-0.3, -0.25) is 9.78 Å². The molecule has 0 unspecified atom stereocenters. The molecule has 7 heteroatoms. The number of aromatic nitrogens is 3. The summed E-state index contributed by atoms with van der Waals surface area (Å²) in [5.41, 5.74) is 1.55. The maximum atomic E-state index is 14.7. The molecule has 0 spiro atoms. The zero-order valence-electron chi connectivity index (χ0n) is 17.5. The van der Waals surface area contributed by atoms with Crippen molar-refractivity contribution in [2.75, 3.05) is 26.3 Å². The second-order valence-corrected chi connectivity index (χ2v) is 8.74. The minimum absolute atomic E-state index is 0.0450. The van der Waals surface area contributed by atoms with Crippen molar-refractivity contribution in [2.45, 2.75) is 37.5 Å². The lowest BCUT2D eigenvalue weighted by atomic mass is 9.77. The van der Waals surface area contributed by atoms with Crippen LogP contribution in [0.25, 0.3) is 5.65 Å². The topological polar surface area (TPSA) is 59.7 Å². The van der Waals surface area contributed by atoms with Crippen LogP contribution in [0.4, 0.5) is 4.39 Å². The molecule has 2 aromatic heterocycles. The van der Waals surface area contributed by atoms with Gasteiger partial charge in [0.2, 0.25) is 5.91 Å². The SMILES string of the molecule is O=C(N1CCOC[C@H](Cc2cn3ccnc3cn2)C1)C1(c2ccccc2F)CCCC1. The molecule has 0 N–H and O–H groups in total. The standard InChI is InChI=1S/C24H27FN4O2/c25-21-6-2-1-5-20(21)24(7-3-4-8-24)23(30)29-11-12-31-17-18(15-29)13-19-16-28-10-9-26-22(28)14-27-19/h1-2,5-6,9-10,14,16,18H,3-4,7-8,11-13,15,17H2/t18-/m1/s1. The maximum absolute atomic E-state index is 14.7. The van der Waals surface area contributed by atoms with Crippen molar-refractivity contribution in [1.82, 2.24) is 19.3 Å². The van der Waals surface area contributed by atoms with Gasteiger partial charge in [0, 0.05) is 43.2 Å². The number of carbonyl (C=O) groups excluding carboxylic acids is 1. The molecule has 5 rings (SSSR count). The van der Waals surface area contributed by atoms with Gasteiger partial charge in [-0.25, -0.2) is 9.37 Å². The number of rotatable bonds is 4. The first kappa shape index (κ1) is 20.1. The number of nitrogens with zero attached hydrogens (tertiary/aromatic N) is 4. The molecule has 1 aliphatic heterocycles. The zero-order valence-corrected chi connectivity index (χ0v) is 17.5. The van der Waals surface area contributed by atoms with Crippen molar-refractivity contribution in [2.24, 2.45) is 5.92 Å².